The van der Waals surface area contributed by atoms with Crippen LogP contribution in [0.5, 0.6) is 0 Å². The highest BCUT2D eigenvalue weighted by Crippen LogP contribution is 2.34. The Labute approximate surface area is 182 Å². The molecular formula is C24H30N4O3. The fraction of sp³-hybridized carbons (Fsp3) is 0.458. The van der Waals surface area contributed by atoms with Gasteiger partial charge in [-0.15, -0.1) is 0 Å². The molecule has 1 aromatic heterocycles. The molecule has 2 aromatic rings. The molecule has 2 aliphatic rings. The fourth-order valence-electron chi connectivity index (χ4n) is 4.63. The summed E-state index contributed by atoms with van der Waals surface area (Å²) in [5.74, 6) is 0.795. The first-order valence-electron chi connectivity index (χ1n) is 11.0. The molecule has 4 rings (SSSR count). The van der Waals surface area contributed by atoms with Crippen molar-refractivity contribution in [2.75, 3.05) is 25.0 Å². The molecule has 164 valence electrons. The molecule has 0 spiro atoms. The number of piperidine rings is 1. The number of carbonyl (C=O) groups excluding carboxylic acids is 2. The van der Waals surface area contributed by atoms with Gasteiger partial charge in [0.2, 0.25) is 5.91 Å². The van der Waals surface area contributed by atoms with E-state index < -0.39 is 0 Å². The first kappa shape index (κ1) is 21.2. The Morgan fingerprint density at radius 1 is 1.06 bits per heavy atom. The van der Waals surface area contributed by atoms with Gasteiger partial charge < -0.3 is 20.1 Å². The summed E-state index contributed by atoms with van der Waals surface area (Å²) in [6, 6.07) is 13.1. The third-order valence-corrected chi connectivity index (χ3v) is 6.26. The number of anilines is 1. The molecule has 2 bridgehead atoms. The van der Waals surface area contributed by atoms with Crippen molar-refractivity contribution >= 4 is 17.6 Å². The molecule has 31 heavy (non-hydrogen) atoms. The van der Waals surface area contributed by atoms with Crippen LogP contribution in [0.1, 0.15) is 49.8 Å². The zero-order valence-electron chi connectivity index (χ0n) is 18.1. The van der Waals surface area contributed by atoms with E-state index in [1.807, 2.05) is 39.8 Å². The molecule has 2 N–H and O–H groups in total. The third kappa shape index (κ3) is 4.81. The number of fused-ring (bicyclic) bond motifs is 4. The van der Waals surface area contributed by atoms with E-state index in [0.717, 1.165) is 17.8 Å². The lowest BCUT2D eigenvalue weighted by molar-refractivity contribution is -0.116. The lowest BCUT2D eigenvalue weighted by Crippen LogP contribution is -2.52. The van der Waals surface area contributed by atoms with Gasteiger partial charge in [-0.1, -0.05) is 32.0 Å². The van der Waals surface area contributed by atoms with Gasteiger partial charge in [-0.25, -0.2) is 4.79 Å². The normalized spacial score (nSPS) is 19.6. The lowest BCUT2D eigenvalue weighted by atomic mass is 9.83. The zero-order chi connectivity index (χ0) is 22.0. The summed E-state index contributed by atoms with van der Waals surface area (Å²) in [4.78, 5) is 38.8. The average Bonchev–Trinajstić information content (AvgIpc) is 2.74. The maximum absolute atomic E-state index is 12.7. The summed E-state index contributed by atoms with van der Waals surface area (Å²) < 4.78 is 1.85. The van der Waals surface area contributed by atoms with E-state index in [4.69, 9.17) is 0 Å². The molecule has 1 fully saturated rings. The number of urea groups is 1. The van der Waals surface area contributed by atoms with Gasteiger partial charge in [0.05, 0.1) is 0 Å². The number of benzene rings is 1. The van der Waals surface area contributed by atoms with Crippen LogP contribution >= 0.6 is 0 Å². The number of carbonyl (C=O) groups is 2. The molecule has 2 aliphatic heterocycles. The summed E-state index contributed by atoms with van der Waals surface area (Å²) in [6.07, 6.45) is 1.22. The number of amides is 3. The summed E-state index contributed by atoms with van der Waals surface area (Å²) >= 11 is 0. The molecular weight excluding hydrogens is 392 g/mol. The van der Waals surface area contributed by atoms with Gasteiger partial charge in [-0.3, -0.25) is 9.59 Å². The van der Waals surface area contributed by atoms with E-state index in [2.05, 4.69) is 24.5 Å². The average molecular weight is 423 g/mol. The van der Waals surface area contributed by atoms with Crippen LogP contribution in [-0.4, -0.2) is 41.0 Å². The van der Waals surface area contributed by atoms with Crippen molar-refractivity contribution in [3.05, 3.63) is 64.1 Å². The van der Waals surface area contributed by atoms with Gasteiger partial charge in [0.1, 0.15) is 0 Å². The minimum Gasteiger partial charge on any atom is -0.337 e. The number of pyridine rings is 1. The molecule has 0 unspecified atom stereocenters. The Morgan fingerprint density at radius 3 is 2.58 bits per heavy atom. The Hall–Kier alpha value is -3.09. The van der Waals surface area contributed by atoms with Crippen LogP contribution in [0.2, 0.25) is 0 Å². The van der Waals surface area contributed by atoms with E-state index in [1.54, 1.807) is 12.1 Å². The van der Waals surface area contributed by atoms with Crippen LogP contribution in [0.4, 0.5) is 10.5 Å². The van der Waals surface area contributed by atoms with Crippen molar-refractivity contribution < 1.29 is 9.59 Å². The second-order valence-corrected chi connectivity index (χ2v) is 8.91. The topological polar surface area (TPSA) is 83.4 Å². The number of nitrogens with zero attached hydrogens (tertiary/aromatic N) is 2. The minimum absolute atomic E-state index is 0.0370. The van der Waals surface area contributed by atoms with E-state index in [-0.39, 0.29) is 42.3 Å². The van der Waals surface area contributed by atoms with Crippen LogP contribution in [0.3, 0.4) is 0 Å². The maximum atomic E-state index is 12.7. The Bertz CT molecular complexity index is 1010. The molecule has 1 saturated heterocycles. The standard InChI is InChI=1S/C24H30N4O3/c1-16(2)18-6-8-20(9-7-18)26-22(29)10-11-25-24(31)27-13-17-12-19(15-27)21-4-3-5-23(30)28(21)14-17/h3-9,16-17,19H,10-15H2,1-2H3,(H,25,31)(H,26,29)/t17-,19-/m0/s1. The Morgan fingerprint density at radius 2 is 1.84 bits per heavy atom. The fourth-order valence-corrected chi connectivity index (χ4v) is 4.63. The number of likely N-dealkylation sites (tertiary alicyclic amines) is 1. The number of nitrogens with one attached hydrogen (secondary N) is 2. The summed E-state index contributed by atoms with van der Waals surface area (Å²) in [5, 5.41) is 5.75. The first-order chi connectivity index (χ1) is 14.9. The van der Waals surface area contributed by atoms with Gasteiger partial charge in [0.15, 0.2) is 0 Å². The zero-order valence-corrected chi connectivity index (χ0v) is 18.1. The number of hydrogen-bond acceptors (Lipinski definition) is 3. The second-order valence-electron chi connectivity index (χ2n) is 8.91. The lowest BCUT2D eigenvalue weighted by Gasteiger charge is -2.42. The summed E-state index contributed by atoms with van der Waals surface area (Å²) in [7, 11) is 0. The predicted octanol–water partition coefficient (Wildman–Crippen LogP) is 3.13. The van der Waals surface area contributed by atoms with Gasteiger partial charge in [0.25, 0.3) is 5.56 Å². The minimum atomic E-state index is -0.143. The van der Waals surface area contributed by atoms with E-state index in [1.165, 1.54) is 5.56 Å². The number of hydrogen-bond donors (Lipinski definition) is 2. The van der Waals surface area contributed by atoms with Crippen molar-refractivity contribution in [2.45, 2.75) is 45.1 Å². The molecule has 2 atom stereocenters. The van der Waals surface area contributed by atoms with Crippen LogP contribution in [-0.2, 0) is 11.3 Å². The SMILES string of the molecule is CC(C)c1ccc(NC(=O)CCNC(=O)N2C[C@@H]3C[C@@H](C2)c2cccc(=O)n2C3)cc1. The van der Waals surface area contributed by atoms with Crippen molar-refractivity contribution in [3.8, 4) is 0 Å². The molecule has 3 heterocycles. The summed E-state index contributed by atoms with van der Waals surface area (Å²) in [6.45, 7) is 6.44. The highest BCUT2D eigenvalue weighted by molar-refractivity contribution is 5.91. The molecule has 0 aliphatic carbocycles. The van der Waals surface area contributed by atoms with Crippen LogP contribution < -0.4 is 16.2 Å². The van der Waals surface area contributed by atoms with Crippen LogP contribution in [0.15, 0.2) is 47.3 Å². The Balaban J connectivity index is 1.26. The third-order valence-electron chi connectivity index (χ3n) is 6.26. The smallest absolute Gasteiger partial charge is 0.317 e. The second kappa shape index (κ2) is 8.96. The van der Waals surface area contributed by atoms with E-state index >= 15 is 0 Å². The van der Waals surface area contributed by atoms with E-state index in [9.17, 15) is 14.4 Å². The van der Waals surface area contributed by atoms with Crippen molar-refractivity contribution in [1.29, 1.82) is 0 Å². The van der Waals surface area contributed by atoms with Crippen molar-refractivity contribution in [3.63, 3.8) is 0 Å². The van der Waals surface area contributed by atoms with Gasteiger partial charge in [0, 0.05) is 56.0 Å². The summed E-state index contributed by atoms with van der Waals surface area (Å²) in [5.41, 5.74) is 3.04. The number of aromatic nitrogens is 1. The van der Waals surface area contributed by atoms with E-state index in [0.29, 0.717) is 25.6 Å². The molecule has 1 aromatic carbocycles. The number of rotatable bonds is 5. The monoisotopic (exact) mass is 422 g/mol. The molecule has 3 amide bonds. The van der Waals surface area contributed by atoms with Crippen LogP contribution in [0.25, 0.3) is 0 Å². The highest BCUT2D eigenvalue weighted by atomic mass is 16.2. The molecule has 7 heteroatoms. The van der Waals surface area contributed by atoms with Crippen molar-refractivity contribution in [2.24, 2.45) is 5.92 Å². The quantitative estimate of drug-likeness (QED) is 0.777. The molecule has 0 radical (unpaired) electrons. The van der Waals surface area contributed by atoms with Gasteiger partial charge >= 0.3 is 6.03 Å². The van der Waals surface area contributed by atoms with Gasteiger partial charge in [-0.05, 0) is 42.0 Å². The highest BCUT2D eigenvalue weighted by Gasteiger charge is 2.36. The van der Waals surface area contributed by atoms with Gasteiger partial charge in [-0.2, -0.15) is 0 Å². The first-order valence-corrected chi connectivity index (χ1v) is 11.0. The molecule has 7 nitrogen and oxygen atoms in total. The largest absolute Gasteiger partial charge is 0.337 e. The Kier molecular flexibility index (Phi) is 6.11. The van der Waals surface area contributed by atoms with Crippen LogP contribution in [0, 0.1) is 5.92 Å². The van der Waals surface area contributed by atoms with Crippen molar-refractivity contribution in [1.82, 2.24) is 14.8 Å². The maximum Gasteiger partial charge on any atom is 0.317 e. The predicted molar refractivity (Wildman–Crippen MR) is 120 cm³/mol. The molecule has 0 saturated carbocycles.